The summed E-state index contributed by atoms with van der Waals surface area (Å²) in [6.45, 7) is 3.55. The van der Waals surface area contributed by atoms with Crippen molar-refractivity contribution in [2.24, 2.45) is 0 Å². The van der Waals surface area contributed by atoms with Crippen LogP contribution in [0.2, 0.25) is 0 Å². The molecule has 20 heavy (non-hydrogen) atoms. The lowest BCUT2D eigenvalue weighted by Crippen LogP contribution is -2.15. The van der Waals surface area contributed by atoms with Crippen molar-refractivity contribution >= 4 is 0 Å². The molecule has 0 saturated heterocycles. The van der Waals surface area contributed by atoms with Crippen molar-refractivity contribution in [2.75, 3.05) is 13.7 Å². The molecule has 0 fully saturated rings. The number of nitrogens with zero attached hydrogens (tertiary/aromatic N) is 2. The fraction of sp³-hybridized carbons (Fsp3) is 0.333. The van der Waals surface area contributed by atoms with Crippen molar-refractivity contribution in [3.63, 3.8) is 0 Å². The maximum absolute atomic E-state index is 13.5. The molecule has 2 rings (SSSR count). The summed E-state index contributed by atoms with van der Waals surface area (Å²) in [4.78, 5) is 8.44. The Morgan fingerprint density at radius 2 is 2.05 bits per heavy atom. The Morgan fingerprint density at radius 3 is 2.80 bits per heavy atom. The maximum atomic E-state index is 13.5. The van der Waals surface area contributed by atoms with E-state index in [1.165, 1.54) is 12.1 Å². The van der Waals surface area contributed by atoms with E-state index in [0.717, 1.165) is 24.1 Å². The Bertz CT molecular complexity index is 575. The Balaban J connectivity index is 2.39. The lowest BCUT2D eigenvalue weighted by Gasteiger charge is -2.12. The van der Waals surface area contributed by atoms with E-state index in [1.54, 1.807) is 25.6 Å². The number of benzene rings is 1. The summed E-state index contributed by atoms with van der Waals surface area (Å²) in [5.41, 5.74) is 2.31. The molecule has 4 nitrogen and oxygen atoms in total. The van der Waals surface area contributed by atoms with Gasteiger partial charge in [-0.1, -0.05) is 6.92 Å². The quantitative estimate of drug-likeness (QED) is 0.823. The molecule has 0 aliphatic rings. The number of rotatable bonds is 6. The van der Waals surface area contributed by atoms with E-state index >= 15 is 0 Å². The predicted octanol–water partition coefficient (Wildman–Crippen LogP) is 2.79. The molecule has 0 saturated carbocycles. The van der Waals surface area contributed by atoms with Gasteiger partial charge in [-0.15, -0.1) is 0 Å². The summed E-state index contributed by atoms with van der Waals surface area (Å²) in [6, 6.07) is 4.66. The lowest BCUT2D eigenvalue weighted by atomic mass is 10.0. The first-order valence-electron chi connectivity index (χ1n) is 6.60. The molecule has 1 aromatic carbocycles. The van der Waals surface area contributed by atoms with Crippen molar-refractivity contribution < 1.29 is 9.13 Å². The van der Waals surface area contributed by atoms with Gasteiger partial charge in [0.25, 0.3) is 0 Å². The SMILES string of the molecule is CCCNCc1cc(F)ccc1-c1nccnc1OC. The summed E-state index contributed by atoms with van der Waals surface area (Å²) in [5, 5.41) is 3.27. The third-order valence-corrected chi connectivity index (χ3v) is 2.92. The molecule has 0 amide bonds. The summed E-state index contributed by atoms with van der Waals surface area (Å²) in [5.74, 6) is 0.181. The minimum absolute atomic E-state index is 0.259. The first-order valence-corrected chi connectivity index (χ1v) is 6.60. The number of aromatic nitrogens is 2. The first kappa shape index (κ1) is 14.4. The highest BCUT2D eigenvalue weighted by atomic mass is 19.1. The molecule has 0 atom stereocenters. The standard InChI is InChI=1S/C15H18FN3O/c1-3-6-17-10-11-9-12(16)4-5-13(11)14-15(20-2)19-8-7-18-14/h4-5,7-9,17H,3,6,10H2,1-2H3. The molecule has 2 aromatic rings. The molecule has 1 aromatic heterocycles. The van der Waals surface area contributed by atoms with Crippen molar-refractivity contribution in [2.45, 2.75) is 19.9 Å². The van der Waals surface area contributed by atoms with E-state index in [2.05, 4.69) is 22.2 Å². The lowest BCUT2D eigenvalue weighted by molar-refractivity contribution is 0.397. The third-order valence-electron chi connectivity index (χ3n) is 2.92. The molecule has 1 N–H and O–H groups in total. The molecule has 5 heteroatoms. The van der Waals surface area contributed by atoms with Crippen LogP contribution in [0.15, 0.2) is 30.6 Å². The average Bonchev–Trinajstić information content (AvgIpc) is 2.48. The molecule has 1 heterocycles. The summed E-state index contributed by atoms with van der Waals surface area (Å²) in [6.07, 6.45) is 4.20. The largest absolute Gasteiger partial charge is 0.479 e. The van der Waals surface area contributed by atoms with Crippen molar-refractivity contribution in [1.29, 1.82) is 0 Å². The highest BCUT2D eigenvalue weighted by molar-refractivity contribution is 5.67. The number of hydrogen-bond donors (Lipinski definition) is 1. The van der Waals surface area contributed by atoms with E-state index in [-0.39, 0.29) is 5.82 Å². The molecule has 0 spiro atoms. The van der Waals surface area contributed by atoms with Crippen LogP contribution in [0.1, 0.15) is 18.9 Å². The van der Waals surface area contributed by atoms with E-state index in [9.17, 15) is 4.39 Å². The van der Waals surface area contributed by atoms with Crippen LogP contribution in [0.3, 0.4) is 0 Å². The van der Waals surface area contributed by atoms with Crippen LogP contribution in [0.4, 0.5) is 4.39 Å². The van der Waals surface area contributed by atoms with Gasteiger partial charge >= 0.3 is 0 Å². The monoisotopic (exact) mass is 275 g/mol. The zero-order valence-corrected chi connectivity index (χ0v) is 11.7. The smallest absolute Gasteiger partial charge is 0.240 e. The number of hydrogen-bond acceptors (Lipinski definition) is 4. The average molecular weight is 275 g/mol. The van der Waals surface area contributed by atoms with Gasteiger partial charge in [-0.25, -0.2) is 14.4 Å². The van der Waals surface area contributed by atoms with E-state index < -0.39 is 0 Å². The third kappa shape index (κ3) is 3.30. The summed E-state index contributed by atoms with van der Waals surface area (Å²) in [7, 11) is 1.55. The number of ether oxygens (including phenoxy) is 1. The fourth-order valence-electron chi connectivity index (χ4n) is 2.00. The second-order valence-electron chi connectivity index (χ2n) is 4.39. The predicted molar refractivity (Wildman–Crippen MR) is 76.0 cm³/mol. The molecule has 0 aliphatic heterocycles. The van der Waals surface area contributed by atoms with Crippen LogP contribution >= 0.6 is 0 Å². The van der Waals surface area contributed by atoms with Gasteiger partial charge < -0.3 is 10.1 Å². The van der Waals surface area contributed by atoms with E-state index in [1.807, 2.05) is 0 Å². The topological polar surface area (TPSA) is 47.0 Å². The van der Waals surface area contributed by atoms with Gasteiger partial charge in [0.1, 0.15) is 11.5 Å². The summed E-state index contributed by atoms with van der Waals surface area (Å²) < 4.78 is 18.7. The minimum Gasteiger partial charge on any atom is -0.479 e. The Labute approximate surface area is 118 Å². The van der Waals surface area contributed by atoms with Gasteiger partial charge in [0, 0.05) is 24.5 Å². The van der Waals surface area contributed by atoms with Gasteiger partial charge in [0.2, 0.25) is 5.88 Å². The second kappa shape index (κ2) is 6.96. The van der Waals surface area contributed by atoms with Crippen LogP contribution in [0.5, 0.6) is 5.88 Å². The van der Waals surface area contributed by atoms with Gasteiger partial charge in [-0.05, 0) is 36.7 Å². The van der Waals surface area contributed by atoms with Gasteiger partial charge in [-0.3, -0.25) is 0 Å². The normalized spacial score (nSPS) is 10.6. The van der Waals surface area contributed by atoms with Crippen LogP contribution < -0.4 is 10.1 Å². The van der Waals surface area contributed by atoms with Gasteiger partial charge in [0.05, 0.1) is 7.11 Å². The zero-order valence-electron chi connectivity index (χ0n) is 11.7. The first-order chi connectivity index (χ1) is 9.76. The maximum Gasteiger partial charge on any atom is 0.240 e. The molecular weight excluding hydrogens is 257 g/mol. The van der Waals surface area contributed by atoms with Gasteiger partial charge in [-0.2, -0.15) is 0 Å². The van der Waals surface area contributed by atoms with E-state index in [4.69, 9.17) is 4.74 Å². The Hall–Kier alpha value is -2.01. The van der Waals surface area contributed by atoms with Crippen molar-refractivity contribution in [3.05, 3.63) is 42.0 Å². The van der Waals surface area contributed by atoms with Crippen molar-refractivity contribution in [1.82, 2.24) is 15.3 Å². The molecule has 106 valence electrons. The molecule has 0 aliphatic carbocycles. The van der Waals surface area contributed by atoms with Gasteiger partial charge in [0.15, 0.2) is 0 Å². The van der Waals surface area contributed by atoms with Crippen LogP contribution in [0, 0.1) is 5.82 Å². The molecule has 0 radical (unpaired) electrons. The van der Waals surface area contributed by atoms with Crippen LogP contribution in [-0.2, 0) is 6.54 Å². The number of nitrogens with one attached hydrogen (secondary N) is 1. The fourth-order valence-corrected chi connectivity index (χ4v) is 2.00. The Kier molecular flexibility index (Phi) is 5.01. The van der Waals surface area contributed by atoms with Crippen molar-refractivity contribution in [3.8, 4) is 17.1 Å². The van der Waals surface area contributed by atoms with Crippen LogP contribution in [0.25, 0.3) is 11.3 Å². The van der Waals surface area contributed by atoms with E-state index in [0.29, 0.717) is 18.1 Å². The summed E-state index contributed by atoms with van der Waals surface area (Å²) >= 11 is 0. The minimum atomic E-state index is -0.259. The molecular formula is C15H18FN3O. The number of methoxy groups -OCH3 is 1. The second-order valence-corrected chi connectivity index (χ2v) is 4.39. The molecule has 0 bridgehead atoms. The number of halogens is 1. The highest BCUT2D eigenvalue weighted by Crippen LogP contribution is 2.28. The van der Waals surface area contributed by atoms with Crippen LogP contribution in [-0.4, -0.2) is 23.6 Å². The Morgan fingerprint density at radius 1 is 1.25 bits per heavy atom. The molecule has 0 unspecified atom stereocenters. The highest BCUT2D eigenvalue weighted by Gasteiger charge is 2.13. The zero-order chi connectivity index (χ0) is 14.4.